The van der Waals surface area contributed by atoms with E-state index in [1.165, 1.54) is 7.11 Å². The summed E-state index contributed by atoms with van der Waals surface area (Å²) in [5.74, 6) is -1.09. The molecule has 6 heteroatoms. The number of esters is 1. The summed E-state index contributed by atoms with van der Waals surface area (Å²) >= 11 is 0. The van der Waals surface area contributed by atoms with Gasteiger partial charge in [-0.15, -0.1) is 0 Å². The minimum absolute atomic E-state index is 0.0279. The summed E-state index contributed by atoms with van der Waals surface area (Å²) in [6.07, 6.45) is 5.33. The first-order valence-electron chi connectivity index (χ1n) is 10.9. The number of rotatable bonds is 6. The molecule has 0 spiro atoms. The van der Waals surface area contributed by atoms with Crippen molar-refractivity contribution in [3.05, 3.63) is 47.7 Å². The van der Waals surface area contributed by atoms with Crippen LogP contribution >= 0.6 is 0 Å². The maximum Gasteiger partial charge on any atom is 0.373 e. The fourth-order valence-electron chi connectivity index (χ4n) is 4.04. The quantitative estimate of drug-likeness (QED) is 0.435. The van der Waals surface area contributed by atoms with E-state index < -0.39 is 20.1 Å². The molecule has 1 saturated carbocycles. The Balaban J connectivity index is 1.94. The fourth-order valence-corrected chi connectivity index (χ4v) is 5.51. The second-order valence-corrected chi connectivity index (χ2v) is 14.6. The predicted octanol–water partition coefficient (Wildman–Crippen LogP) is 5.57. The van der Waals surface area contributed by atoms with Crippen LogP contribution in [-0.4, -0.2) is 33.3 Å². The Bertz CT molecular complexity index is 768. The van der Waals surface area contributed by atoms with E-state index in [-0.39, 0.29) is 22.8 Å². The molecule has 1 aliphatic carbocycles. The first kappa shape index (κ1) is 23.0. The van der Waals surface area contributed by atoms with Gasteiger partial charge in [-0.3, -0.25) is 0 Å². The normalized spacial score (nSPS) is 26.9. The lowest BCUT2D eigenvalue weighted by atomic mass is 9.78. The summed E-state index contributed by atoms with van der Waals surface area (Å²) in [5, 5.41) is 0.0279. The molecule has 1 heterocycles. The highest BCUT2D eigenvalue weighted by Crippen LogP contribution is 2.50. The van der Waals surface area contributed by atoms with Gasteiger partial charge in [-0.2, -0.15) is 0 Å². The van der Waals surface area contributed by atoms with E-state index in [1.807, 2.05) is 30.3 Å². The minimum atomic E-state index is -2.16. The molecule has 1 aromatic rings. The Labute approximate surface area is 181 Å². The summed E-state index contributed by atoms with van der Waals surface area (Å²) in [6, 6.07) is 10.1. The number of carbonyl (C=O) groups excluding carboxylic acids is 1. The van der Waals surface area contributed by atoms with E-state index >= 15 is 0 Å². The number of methoxy groups -OCH3 is 1. The molecule has 3 atom stereocenters. The molecule has 0 saturated heterocycles. The Morgan fingerprint density at radius 1 is 1.20 bits per heavy atom. The van der Waals surface area contributed by atoms with E-state index in [4.69, 9.17) is 18.6 Å². The SMILES string of the molecule is COC(=O)C1=C[C@@H](OCc2ccccc2)[C@@H]2CCCC[C@]2(O[Si](C)(C)C(C)(C)C)O1. The molecule has 0 aromatic heterocycles. The van der Waals surface area contributed by atoms with Crippen molar-refractivity contribution in [2.24, 2.45) is 5.92 Å². The molecule has 1 fully saturated rings. The zero-order valence-electron chi connectivity index (χ0n) is 19.2. The molecule has 0 amide bonds. The zero-order valence-corrected chi connectivity index (χ0v) is 20.2. The number of hydrogen-bond donors (Lipinski definition) is 0. The van der Waals surface area contributed by atoms with Gasteiger partial charge in [0.25, 0.3) is 0 Å². The van der Waals surface area contributed by atoms with Crippen LogP contribution in [-0.2, 0) is 30.0 Å². The van der Waals surface area contributed by atoms with Gasteiger partial charge in [-0.05, 0) is 42.6 Å². The Morgan fingerprint density at radius 2 is 1.90 bits per heavy atom. The average molecular weight is 433 g/mol. The molecule has 0 unspecified atom stereocenters. The topological polar surface area (TPSA) is 54.0 Å². The van der Waals surface area contributed by atoms with Crippen LogP contribution in [0.4, 0.5) is 0 Å². The van der Waals surface area contributed by atoms with E-state index in [0.717, 1.165) is 31.2 Å². The molecule has 0 N–H and O–H groups in total. The van der Waals surface area contributed by atoms with Crippen LogP contribution in [0.25, 0.3) is 0 Å². The summed E-state index contributed by atoms with van der Waals surface area (Å²) < 4.78 is 24.6. The minimum Gasteiger partial charge on any atom is -0.463 e. The highest BCUT2D eigenvalue weighted by atomic mass is 28.4. The molecule has 5 nitrogen and oxygen atoms in total. The lowest BCUT2D eigenvalue weighted by Gasteiger charge is -2.53. The van der Waals surface area contributed by atoms with Gasteiger partial charge in [-0.1, -0.05) is 57.5 Å². The second-order valence-electron chi connectivity index (χ2n) is 9.91. The summed E-state index contributed by atoms with van der Waals surface area (Å²) in [5.41, 5.74) is 1.10. The third kappa shape index (κ3) is 4.81. The molecular formula is C24H36O5Si. The van der Waals surface area contributed by atoms with Crippen molar-refractivity contribution >= 4 is 14.3 Å². The number of carbonyl (C=O) groups is 1. The molecule has 2 aliphatic rings. The Morgan fingerprint density at radius 3 is 2.53 bits per heavy atom. The van der Waals surface area contributed by atoms with Gasteiger partial charge in [-0.25, -0.2) is 4.79 Å². The van der Waals surface area contributed by atoms with Crippen LogP contribution in [0.15, 0.2) is 42.2 Å². The maximum atomic E-state index is 12.5. The molecule has 30 heavy (non-hydrogen) atoms. The van der Waals surface area contributed by atoms with Gasteiger partial charge in [0.2, 0.25) is 11.5 Å². The van der Waals surface area contributed by atoms with Crippen molar-refractivity contribution in [2.45, 2.75) is 83.1 Å². The molecule has 3 rings (SSSR count). The molecule has 1 aromatic carbocycles. The van der Waals surface area contributed by atoms with E-state index in [1.54, 1.807) is 6.08 Å². The monoisotopic (exact) mass is 432 g/mol. The molecule has 0 bridgehead atoms. The van der Waals surface area contributed by atoms with Crippen LogP contribution in [0.3, 0.4) is 0 Å². The maximum absolute atomic E-state index is 12.5. The molecule has 1 aliphatic heterocycles. The van der Waals surface area contributed by atoms with Crippen molar-refractivity contribution in [2.75, 3.05) is 7.11 Å². The molecular weight excluding hydrogens is 396 g/mol. The van der Waals surface area contributed by atoms with E-state index in [0.29, 0.717) is 6.61 Å². The van der Waals surface area contributed by atoms with Crippen molar-refractivity contribution in [3.8, 4) is 0 Å². The molecule has 166 valence electrons. The van der Waals surface area contributed by atoms with Gasteiger partial charge in [0, 0.05) is 6.42 Å². The average Bonchev–Trinajstić information content (AvgIpc) is 2.70. The third-order valence-electron chi connectivity index (χ3n) is 6.76. The predicted molar refractivity (Wildman–Crippen MR) is 119 cm³/mol. The first-order chi connectivity index (χ1) is 14.1. The van der Waals surface area contributed by atoms with Crippen molar-refractivity contribution < 1.29 is 23.4 Å². The van der Waals surface area contributed by atoms with Gasteiger partial charge in [0.05, 0.1) is 25.7 Å². The largest absolute Gasteiger partial charge is 0.463 e. The molecule has 0 radical (unpaired) electrons. The standard InChI is InChI=1S/C24H36O5Si/c1-23(2,3)30(5,6)29-24-15-11-10-14-19(24)20(16-21(28-24)22(25)26-4)27-17-18-12-8-7-9-13-18/h7-9,12-13,16,19-20H,10-11,14-15,17H2,1-6H3/t19-,20+,24+/m0/s1. The highest BCUT2D eigenvalue weighted by molar-refractivity contribution is 6.74. The summed E-state index contributed by atoms with van der Waals surface area (Å²) in [7, 11) is -0.785. The van der Waals surface area contributed by atoms with Gasteiger partial charge in [0.1, 0.15) is 0 Å². The Kier molecular flexibility index (Phi) is 6.80. The van der Waals surface area contributed by atoms with Gasteiger partial charge < -0.3 is 18.6 Å². The van der Waals surface area contributed by atoms with E-state index in [2.05, 4.69) is 33.9 Å². The second kappa shape index (κ2) is 8.85. The lowest BCUT2D eigenvalue weighted by molar-refractivity contribution is -0.251. The highest BCUT2D eigenvalue weighted by Gasteiger charge is 2.56. The Hall–Kier alpha value is -1.63. The third-order valence-corrected chi connectivity index (χ3v) is 11.2. The van der Waals surface area contributed by atoms with Crippen molar-refractivity contribution in [1.29, 1.82) is 0 Å². The zero-order chi connectivity index (χ0) is 22.0. The van der Waals surface area contributed by atoms with Crippen LogP contribution in [0, 0.1) is 5.92 Å². The van der Waals surface area contributed by atoms with Crippen LogP contribution in [0.1, 0.15) is 52.0 Å². The van der Waals surface area contributed by atoms with Crippen LogP contribution in [0.2, 0.25) is 18.1 Å². The summed E-state index contributed by atoms with van der Waals surface area (Å²) in [4.78, 5) is 12.5. The van der Waals surface area contributed by atoms with Crippen molar-refractivity contribution in [3.63, 3.8) is 0 Å². The van der Waals surface area contributed by atoms with Gasteiger partial charge >= 0.3 is 5.97 Å². The number of hydrogen-bond acceptors (Lipinski definition) is 5. The summed E-state index contributed by atoms with van der Waals surface area (Å²) in [6.45, 7) is 11.6. The smallest absolute Gasteiger partial charge is 0.373 e. The van der Waals surface area contributed by atoms with Crippen LogP contribution in [0.5, 0.6) is 0 Å². The number of fused-ring (bicyclic) bond motifs is 1. The van der Waals surface area contributed by atoms with Gasteiger partial charge in [0.15, 0.2) is 8.32 Å². The van der Waals surface area contributed by atoms with E-state index in [9.17, 15) is 4.79 Å². The first-order valence-corrected chi connectivity index (χ1v) is 13.8. The number of ether oxygens (including phenoxy) is 3. The van der Waals surface area contributed by atoms with Crippen LogP contribution < -0.4 is 0 Å². The fraction of sp³-hybridized carbons (Fsp3) is 0.625. The lowest BCUT2D eigenvalue weighted by Crippen LogP contribution is -2.60. The van der Waals surface area contributed by atoms with Crippen molar-refractivity contribution in [1.82, 2.24) is 0 Å². The number of benzene rings is 1.